The Balaban J connectivity index is 2.02. The van der Waals surface area contributed by atoms with Crippen LogP contribution < -0.4 is 10.6 Å². The molecule has 1 aliphatic carbocycles. The van der Waals surface area contributed by atoms with Crippen LogP contribution in [0.4, 0.5) is 5.69 Å². The predicted octanol–water partition coefficient (Wildman–Crippen LogP) is 1.21. The number of amides is 1. The summed E-state index contributed by atoms with van der Waals surface area (Å²) in [6.45, 7) is 1.43. The second-order valence-corrected chi connectivity index (χ2v) is 7.37. The molecule has 0 saturated heterocycles. The van der Waals surface area contributed by atoms with E-state index in [1.165, 1.54) is 4.90 Å². The van der Waals surface area contributed by atoms with E-state index in [1.54, 1.807) is 31.2 Å². The first kappa shape index (κ1) is 20.6. The van der Waals surface area contributed by atoms with Gasteiger partial charge in [0.1, 0.15) is 23.3 Å². The molecule has 1 atom stereocenters. The van der Waals surface area contributed by atoms with Crippen LogP contribution in [0.2, 0.25) is 0 Å². The number of Topliss-reactive ketones (excluding diaryl/α,β-unsaturated/α-hetero) is 1. The molecule has 1 amide bonds. The molecule has 9 nitrogen and oxygen atoms in total. The summed E-state index contributed by atoms with van der Waals surface area (Å²) in [5.41, 5.74) is 4.87. The molecule has 2 aliphatic heterocycles. The molecule has 2 N–H and O–H groups in total. The van der Waals surface area contributed by atoms with Gasteiger partial charge < -0.3 is 19.9 Å². The zero-order valence-electron chi connectivity index (χ0n) is 17.2. The number of ketones is 1. The van der Waals surface area contributed by atoms with Crippen molar-refractivity contribution in [2.24, 2.45) is 5.73 Å². The minimum absolute atomic E-state index is 0.0807. The fraction of sp³-hybridized carbons (Fsp3) is 0.364. The number of nitrogens with two attached hydrogens (primary N) is 1. The van der Waals surface area contributed by atoms with Crippen LogP contribution in [0.1, 0.15) is 31.7 Å². The van der Waals surface area contributed by atoms with Crippen LogP contribution in [0, 0.1) is 0 Å². The number of hydrogen-bond acceptors (Lipinski definition) is 8. The summed E-state index contributed by atoms with van der Waals surface area (Å²) >= 11 is 0. The molecule has 1 spiro atoms. The van der Waals surface area contributed by atoms with E-state index in [-0.39, 0.29) is 48.1 Å². The van der Waals surface area contributed by atoms with Gasteiger partial charge in [-0.15, -0.1) is 0 Å². The smallest absolute Gasteiger partial charge is 0.340 e. The van der Waals surface area contributed by atoms with Gasteiger partial charge in [0, 0.05) is 24.1 Å². The van der Waals surface area contributed by atoms with E-state index in [2.05, 4.69) is 0 Å². The number of hydrogen-bond donors (Lipinski definition) is 1. The number of carbonyl (C=O) groups is 4. The number of anilines is 1. The van der Waals surface area contributed by atoms with Crippen LogP contribution in [-0.4, -0.2) is 43.9 Å². The molecule has 0 aromatic heterocycles. The van der Waals surface area contributed by atoms with Gasteiger partial charge in [-0.1, -0.05) is 18.2 Å². The maximum absolute atomic E-state index is 14.0. The van der Waals surface area contributed by atoms with E-state index in [0.29, 0.717) is 24.1 Å². The Bertz CT molecular complexity index is 1070. The largest absolute Gasteiger partial charge is 0.465 e. The third kappa shape index (κ3) is 2.83. The first-order valence-electron chi connectivity index (χ1n) is 9.98. The van der Waals surface area contributed by atoms with Crippen LogP contribution in [-0.2, 0) is 38.8 Å². The molecule has 162 valence electrons. The number of methoxy groups -OCH3 is 1. The first-order chi connectivity index (χ1) is 14.9. The SMILES string of the molecule is CCOC(=O)CN1C(=O)[C@]2(C(C(=O)OC)=C(N)OC3=C2C(=O)CCC3)c2ccccc21. The molecule has 2 heterocycles. The van der Waals surface area contributed by atoms with E-state index in [1.807, 2.05) is 0 Å². The quantitative estimate of drug-likeness (QED) is 0.713. The number of allylic oxidation sites excluding steroid dienone is 1. The second kappa shape index (κ2) is 7.57. The highest BCUT2D eigenvalue weighted by Gasteiger charge is 2.63. The molecule has 0 bridgehead atoms. The lowest BCUT2D eigenvalue weighted by atomic mass is 9.64. The molecule has 1 aromatic rings. The van der Waals surface area contributed by atoms with Crippen LogP contribution in [0.3, 0.4) is 0 Å². The maximum Gasteiger partial charge on any atom is 0.340 e. The van der Waals surface area contributed by atoms with Crippen molar-refractivity contribution in [3.05, 3.63) is 52.6 Å². The molecular formula is C22H22N2O7. The average molecular weight is 426 g/mol. The Morgan fingerprint density at radius 2 is 1.97 bits per heavy atom. The topological polar surface area (TPSA) is 125 Å². The van der Waals surface area contributed by atoms with Gasteiger partial charge in [0.15, 0.2) is 5.78 Å². The van der Waals surface area contributed by atoms with Gasteiger partial charge in [-0.25, -0.2) is 4.79 Å². The van der Waals surface area contributed by atoms with Gasteiger partial charge in [0.05, 0.1) is 19.3 Å². The Morgan fingerprint density at radius 3 is 2.68 bits per heavy atom. The Labute approximate surface area is 178 Å². The number of rotatable bonds is 4. The summed E-state index contributed by atoms with van der Waals surface area (Å²) in [4.78, 5) is 53.5. The van der Waals surface area contributed by atoms with E-state index in [9.17, 15) is 19.2 Å². The molecular weight excluding hydrogens is 404 g/mol. The zero-order chi connectivity index (χ0) is 22.3. The van der Waals surface area contributed by atoms with Crippen molar-refractivity contribution in [1.82, 2.24) is 0 Å². The Morgan fingerprint density at radius 1 is 1.23 bits per heavy atom. The van der Waals surface area contributed by atoms with Crippen molar-refractivity contribution in [3.63, 3.8) is 0 Å². The van der Waals surface area contributed by atoms with E-state index >= 15 is 0 Å². The summed E-state index contributed by atoms with van der Waals surface area (Å²) in [6, 6.07) is 6.68. The lowest BCUT2D eigenvalue weighted by molar-refractivity contribution is -0.142. The second-order valence-electron chi connectivity index (χ2n) is 7.37. The number of fused-ring (bicyclic) bond motifs is 3. The van der Waals surface area contributed by atoms with Gasteiger partial charge in [-0.3, -0.25) is 19.3 Å². The maximum atomic E-state index is 14.0. The monoisotopic (exact) mass is 426 g/mol. The number of para-hydroxylation sites is 1. The molecule has 0 radical (unpaired) electrons. The molecule has 3 aliphatic rings. The minimum Gasteiger partial charge on any atom is -0.465 e. The summed E-state index contributed by atoms with van der Waals surface area (Å²) < 4.78 is 15.6. The lowest BCUT2D eigenvalue weighted by Crippen LogP contribution is -2.52. The number of ether oxygens (including phenoxy) is 3. The van der Waals surface area contributed by atoms with Crippen molar-refractivity contribution in [3.8, 4) is 0 Å². The number of benzene rings is 1. The van der Waals surface area contributed by atoms with Gasteiger partial charge >= 0.3 is 11.9 Å². The van der Waals surface area contributed by atoms with Crippen LogP contribution in [0.25, 0.3) is 0 Å². The number of esters is 2. The minimum atomic E-state index is -1.84. The first-order valence-corrected chi connectivity index (χ1v) is 9.98. The molecule has 1 aromatic carbocycles. The van der Waals surface area contributed by atoms with Crippen molar-refractivity contribution < 1.29 is 33.4 Å². The normalized spacial score (nSPS) is 22.3. The fourth-order valence-corrected chi connectivity index (χ4v) is 4.61. The van der Waals surface area contributed by atoms with E-state index < -0.39 is 23.3 Å². The van der Waals surface area contributed by atoms with E-state index in [4.69, 9.17) is 19.9 Å². The predicted molar refractivity (Wildman–Crippen MR) is 107 cm³/mol. The van der Waals surface area contributed by atoms with Gasteiger partial charge in [-0.05, 0) is 19.4 Å². The van der Waals surface area contributed by atoms with Crippen molar-refractivity contribution in [2.45, 2.75) is 31.6 Å². The highest BCUT2D eigenvalue weighted by molar-refractivity contribution is 6.24. The molecule has 9 heteroatoms. The summed E-state index contributed by atoms with van der Waals surface area (Å²) in [5.74, 6) is -2.48. The standard InChI is InChI=1S/C22H22N2O7/c1-3-30-16(26)11-24-13-8-5-4-7-12(13)22(21(24)28)17-14(25)9-6-10-15(17)31-19(23)18(22)20(27)29-2/h4-5,7-8H,3,6,9-11,23H2,1-2H3/t22-/m1/s1. The van der Waals surface area contributed by atoms with Crippen LogP contribution >= 0.6 is 0 Å². The number of carbonyl (C=O) groups excluding carboxylic acids is 4. The molecule has 31 heavy (non-hydrogen) atoms. The Kier molecular flexibility index (Phi) is 5.04. The molecule has 0 saturated carbocycles. The van der Waals surface area contributed by atoms with Gasteiger partial charge in [0.25, 0.3) is 0 Å². The third-order valence-corrected chi connectivity index (χ3v) is 5.74. The lowest BCUT2D eigenvalue weighted by Gasteiger charge is -2.38. The zero-order valence-corrected chi connectivity index (χ0v) is 17.2. The fourth-order valence-electron chi connectivity index (χ4n) is 4.61. The van der Waals surface area contributed by atoms with Crippen LogP contribution in [0.15, 0.2) is 47.1 Å². The van der Waals surface area contributed by atoms with Crippen molar-refractivity contribution >= 4 is 29.3 Å². The third-order valence-electron chi connectivity index (χ3n) is 5.74. The summed E-state index contributed by atoms with van der Waals surface area (Å²) in [6.07, 6.45) is 1.13. The summed E-state index contributed by atoms with van der Waals surface area (Å²) in [5, 5.41) is 0. The van der Waals surface area contributed by atoms with Crippen molar-refractivity contribution in [1.29, 1.82) is 0 Å². The van der Waals surface area contributed by atoms with Crippen LogP contribution in [0.5, 0.6) is 0 Å². The van der Waals surface area contributed by atoms with Gasteiger partial charge in [0.2, 0.25) is 11.8 Å². The molecule has 0 unspecified atom stereocenters. The van der Waals surface area contributed by atoms with Crippen molar-refractivity contribution in [2.75, 3.05) is 25.2 Å². The number of nitrogens with zero attached hydrogens (tertiary/aromatic N) is 1. The summed E-state index contributed by atoms with van der Waals surface area (Å²) in [7, 11) is 1.16. The molecule has 4 rings (SSSR count). The highest BCUT2D eigenvalue weighted by Crippen LogP contribution is 2.55. The Hall–Kier alpha value is -3.62. The van der Waals surface area contributed by atoms with E-state index in [0.717, 1.165) is 7.11 Å². The van der Waals surface area contributed by atoms with Gasteiger partial charge in [-0.2, -0.15) is 0 Å². The highest BCUT2D eigenvalue weighted by atomic mass is 16.5. The molecule has 0 fully saturated rings. The average Bonchev–Trinajstić information content (AvgIpc) is 2.97.